The van der Waals surface area contributed by atoms with Crippen LogP contribution >= 0.6 is 11.3 Å². The predicted molar refractivity (Wildman–Crippen MR) is 116 cm³/mol. The summed E-state index contributed by atoms with van der Waals surface area (Å²) in [6.45, 7) is 5.00. The minimum absolute atomic E-state index is 0.445. The van der Waals surface area contributed by atoms with Gasteiger partial charge in [-0.3, -0.25) is 0 Å². The van der Waals surface area contributed by atoms with E-state index in [4.69, 9.17) is 9.72 Å². The second kappa shape index (κ2) is 8.74. The quantitative estimate of drug-likeness (QED) is 0.527. The Bertz CT molecular complexity index is 945. The second-order valence-corrected chi connectivity index (χ2v) is 8.56. The number of ether oxygens (including phenoxy) is 1. The summed E-state index contributed by atoms with van der Waals surface area (Å²) in [6.07, 6.45) is 4.82. The highest BCUT2D eigenvalue weighted by atomic mass is 32.1. The Kier molecular flexibility index (Phi) is 5.91. The van der Waals surface area contributed by atoms with E-state index in [1.165, 1.54) is 23.1 Å². The van der Waals surface area contributed by atoms with Crippen LogP contribution in [-0.4, -0.2) is 31.0 Å². The average molecular weight is 395 g/mol. The number of carbonyl (C=O) groups excluding carboxylic acids is 1. The van der Waals surface area contributed by atoms with Gasteiger partial charge in [0.2, 0.25) is 0 Å². The number of aromatic nitrogens is 1. The first-order valence-electron chi connectivity index (χ1n) is 9.99. The molecule has 28 heavy (non-hydrogen) atoms. The van der Waals surface area contributed by atoms with Gasteiger partial charge in [-0.05, 0) is 67.5 Å². The molecule has 3 aromatic rings. The lowest BCUT2D eigenvalue weighted by Crippen LogP contribution is -2.34. The maximum Gasteiger partial charge on any atom is 0.186 e. The molecule has 2 aromatic carbocycles. The third kappa shape index (κ3) is 4.53. The molecule has 1 aromatic heterocycles. The van der Waals surface area contributed by atoms with Crippen LogP contribution in [0.2, 0.25) is 0 Å². The minimum atomic E-state index is 0.445. The molecule has 4 nitrogen and oxygen atoms in total. The summed E-state index contributed by atoms with van der Waals surface area (Å²) >= 11 is 1.80. The maximum atomic E-state index is 10.7. The summed E-state index contributed by atoms with van der Waals surface area (Å²) in [5.74, 6) is 1.56. The van der Waals surface area contributed by atoms with Gasteiger partial charge in [-0.15, -0.1) is 0 Å². The first kappa shape index (κ1) is 18.9. The van der Waals surface area contributed by atoms with Gasteiger partial charge < -0.3 is 14.4 Å². The van der Waals surface area contributed by atoms with Crippen LogP contribution < -0.4 is 9.64 Å². The van der Waals surface area contributed by atoms with E-state index in [1.54, 1.807) is 11.3 Å². The first-order chi connectivity index (χ1) is 13.7. The van der Waals surface area contributed by atoms with E-state index in [-0.39, 0.29) is 0 Å². The van der Waals surface area contributed by atoms with E-state index >= 15 is 0 Å². The predicted octanol–water partition coefficient (Wildman–Crippen LogP) is 5.03. The van der Waals surface area contributed by atoms with E-state index in [0.717, 1.165) is 54.4 Å². The van der Waals surface area contributed by atoms with Crippen LogP contribution in [-0.2, 0) is 11.2 Å². The fourth-order valence-corrected chi connectivity index (χ4v) is 4.89. The summed E-state index contributed by atoms with van der Waals surface area (Å²) < 4.78 is 7.20. The van der Waals surface area contributed by atoms with E-state index in [9.17, 15) is 4.79 Å². The van der Waals surface area contributed by atoms with Crippen molar-refractivity contribution >= 4 is 33.0 Å². The SMILES string of the molecule is Cc1ccc2nc(N3CCC(CCOc4cccc(CC=O)c4)CC3)sc2c1. The van der Waals surface area contributed by atoms with Gasteiger partial charge in [0.1, 0.15) is 12.0 Å². The van der Waals surface area contributed by atoms with Gasteiger partial charge in [-0.25, -0.2) is 4.98 Å². The summed E-state index contributed by atoms with van der Waals surface area (Å²) in [5.41, 5.74) is 3.41. The van der Waals surface area contributed by atoms with Crippen molar-refractivity contribution in [2.75, 3.05) is 24.6 Å². The van der Waals surface area contributed by atoms with Crippen molar-refractivity contribution < 1.29 is 9.53 Å². The molecule has 0 bridgehead atoms. The molecular formula is C23H26N2O2S. The molecule has 2 heterocycles. The van der Waals surface area contributed by atoms with Crippen LogP contribution in [0.1, 0.15) is 30.4 Å². The average Bonchev–Trinajstić information content (AvgIpc) is 3.12. The zero-order valence-electron chi connectivity index (χ0n) is 16.3. The highest BCUT2D eigenvalue weighted by Gasteiger charge is 2.21. The minimum Gasteiger partial charge on any atom is -0.494 e. The zero-order valence-corrected chi connectivity index (χ0v) is 17.1. The number of aldehydes is 1. The Morgan fingerprint density at radius 2 is 2.07 bits per heavy atom. The molecule has 0 saturated carbocycles. The van der Waals surface area contributed by atoms with Crippen molar-refractivity contribution in [2.24, 2.45) is 5.92 Å². The number of hydrogen-bond acceptors (Lipinski definition) is 5. The lowest BCUT2D eigenvalue weighted by Gasteiger charge is -2.31. The Morgan fingerprint density at radius 1 is 1.21 bits per heavy atom. The molecule has 4 rings (SSSR count). The highest BCUT2D eigenvalue weighted by molar-refractivity contribution is 7.22. The second-order valence-electron chi connectivity index (χ2n) is 7.55. The molecule has 5 heteroatoms. The van der Waals surface area contributed by atoms with Gasteiger partial charge in [0.15, 0.2) is 5.13 Å². The normalized spacial score (nSPS) is 15.1. The maximum absolute atomic E-state index is 10.7. The number of thiazole rings is 1. The summed E-state index contributed by atoms with van der Waals surface area (Å²) in [5, 5.41) is 1.15. The summed E-state index contributed by atoms with van der Waals surface area (Å²) in [7, 11) is 0. The van der Waals surface area contributed by atoms with Crippen molar-refractivity contribution in [3.05, 3.63) is 53.6 Å². The number of carbonyl (C=O) groups is 1. The third-order valence-electron chi connectivity index (χ3n) is 5.43. The van der Waals surface area contributed by atoms with Gasteiger partial charge in [-0.1, -0.05) is 29.5 Å². The molecule has 1 fully saturated rings. The molecule has 0 N–H and O–H groups in total. The number of aryl methyl sites for hydroxylation is 1. The number of anilines is 1. The van der Waals surface area contributed by atoms with Crippen molar-refractivity contribution in [3.63, 3.8) is 0 Å². The van der Waals surface area contributed by atoms with Gasteiger partial charge in [-0.2, -0.15) is 0 Å². The third-order valence-corrected chi connectivity index (χ3v) is 6.51. The largest absolute Gasteiger partial charge is 0.494 e. The fraction of sp³-hybridized carbons (Fsp3) is 0.391. The molecular weight excluding hydrogens is 368 g/mol. The zero-order chi connectivity index (χ0) is 19.3. The first-order valence-corrected chi connectivity index (χ1v) is 10.8. The Morgan fingerprint density at radius 3 is 2.89 bits per heavy atom. The molecule has 1 aliphatic rings. The smallest absolute Gasteiger partial charge is 0.186 e. The van der Waals surface area contributed by atoms with Crippen LogP contribution in [0.5, 0.6) is 5.75 Å². The van der Waals surface area contributed by atoms with Crippen LogP contribution in [0.25, 0.3) is 10.2 Å². The van der Waals surface area contributed by atoms with E-state index in [1.807, 2.05) is 24.3 Å². The molecule has 0 aliphatic carbocycles. The lowest BCUT2D eigenvalue weighted by atomic mass is 9.94. The highest BCUT2D eigenvalue weighted by Crippen LogP contribution is 2.32. The topological polar surface area (TPSA) is 42.4 Å². The van der Waals surface area contributed by atoms with Crippen LogP contribution in [0.4, 0.5) is 5.13 Å². The molecule has 1 aliphatic heterocycles. The van der Waals surface area contributed by atoms with Crippen molar-refractivity contribution in [1.82, 2.24) is 4.98 Å². The van der Waals surface area contributed by atoms with Crippen molar-refractivity contribution in [2.45, 2.75) is 32.6 Å². The summed E-state index contributed by atoms with van der Waals surface area (Å²) in [6, 6.07) is 14.3. The van der Waals surface area contributed by atoms with E-state index in [2.05, 4.69) is 30.0 Å². The van der Waals surface area contributed by atoms with Crippen molar-refractivity contribution in [1.29, 1.82) is 0 Å². The van der Waals surface area contributed by atoms with Crippen LogP contribution in [0.3, 0.4) is 0 Å². The molecule has 0 radical (unpaired) electrons. The number of nitrogens with zero attached hydrogens (tertiary/aromatic N) is 2. The molecule has 0 atom stereocenters. The Balaban J connectivity index is 1.26. The molecule has 0 spiro atoms. The molecule has 1 saturated heterocycles. The standard InChI is InChI=1S/C23H26N2O2S/c1-17-5-6-21-22(15-17)28-23(24-21)25-11-7-18(8-12-25)10-14-27-20-4-2-3-19(16-20)9-13-26/h2-6,13,15-16,18H,7-12,14H2,1H3. The van der Waals surface area contributed by atoms with E-state index in [0.29, 0.717) is 12.3 Å². The molecule has 0 amide bonds. The van der Waals surface area contributed by atoms with Crippen LogP contribution in [0.15, 0.2) is 42.5 Å². The van der Waals surface area contributed by atoms with Crippen LogP contribution in [0, 0.1) is 12.8 Å². The number of fused-ring (bicyclic) bond motifs is 1. The Hall–Kier alpha value is -2.40. The number of hydrogen-bond donors (Lipinski definition) is 0. The monoisotopic (exact) mass is 394 g/mol. The number of benzene rings is 2. The van der Waals surface area contributed by atoms with Gasteiger partial charge >= 0.3 is 0 Å². The Labute approximate surface area is 170 Å². The van der Waals surface area contributed by atoms with Gasteiger partial charge in [0.25, 0.3) is 0 Å². The lowest BCUT2D eigenvalue weighted by molar-refractivity contribution is -0.107. The summed E-state index contributed by atoms with van der Waals surface area (Å²) in [4.78, 5) is 17.9. The van der Waals surface area contributed by atoms with Gasteiger partial charge in [0, 0.05) is 19.5 Å². The molecule has 146 valence electrons. The number of piperidine rings is 1. The molecule has 0 unspecified atom stereocenters. The number of rotatable bonds is 7. The van der Waals surface area contributed by atoms with Crippen molar-refractivity contribution in [3.8, 4) is 5.75 Å². The van der Waals surface area contributed by atoms with Gasteiger partial charge in [0.05, 0.1) is 16.8 Å². The van der Waals surface area contributed by atoms with E-state index < -0.39 is 0 Å². The fourth-order valence-electron chi connectivity index (χ4n) is 3.77.